The van der Waals surface area contributed by atoms with Crippen LogP contribution >= 0.6 is 11.8 Å². The van der Waals surface area contributed by atoms with Gasteiger partial charge in [-0.3, -0.25) is 0 Å². The normalized spacial score (nSPS) is 16.7. The first-order valence-electron chi connectivity index (χ1n) is 15.5. The van der Waals surface area contributed by atoms with Gasteiger partial charge in [0.1, 0.15) is 23.0 Å². The van der Waals surface area contributed by atoms with Gasteiger partial charge in [-0.2, -0.15) is 0 Å². The summed E-state index contributed by atoms with van der Waals surface area (Å²) in [6, 6.07) is 21.1. The van der Waals surface area contributed by atoms with Crippen molar-refractivity contribution in [3.8, 4) is 34.1 Å². The number of rotatable bonds is 5. The van der Waals surface area contributed by atoms with Crippen molar-refractivity contribution in [2.75, 3.05) is 21.3 Å². The molecule has 4 nitrogen and oxygen atoms in total. The van der Waals surface area contributed by atoms with Crippen molar-refractivity contribution in [2.45, 2.75) is 85.8 Å². The lowest BCUT2D eigenvalue weighted by molar-refractivity contribution is 0.376. The highest BCUT2D eigenvalue weighted by Gasteiger charge is 2.43. The summed E-state index contributed by atoms with van der Waals surface area (Å²) in [6.07, 6.45) is 13.9. The molecule has 4 aromatic carbocycles. The summed E-state index contributed by atoms with van der Waals surface area (Å²) < 4.78 is 17.3. The van der Waals surface area contributed by atoms with Crippen molar-refractivity contribution in [2.24, 2.45) is 0 Å². The first-order chi connectivity index (χ1) is 20.6. The van der Waals surface area contributed by atoms with Crippen molar-refractivity contribution in [1.82, 2.24) is 0 Å². The van der Waals surface area contributed by atoms with E-state index in [1.807, 2.05) is 24.3 Å². The van der Waals surface area contributed by atoms with E-state index in [0.717, 1.165) is 44.9 Å². The fourth-order valence-electron chi connectivity index (χ4n) is 7.36. The SMILES string of the molecule is COc1cc2c(O)cc3c(c2cc1Sc1c(OC)cccc1OC)-c1ccccc1C31CCCCCCCCCCC1. The number of phenolic OH excluding ortho intramolecular Hbond substituents is 1. The zero-order valence-electron chi connectivity index (χ0n) is 25.1. The van der Waals surface area contributed by atoms with Crippen molar-refractivity contribution < 1.29 is 19.3 Å². The minimum absolute atomic E-state index is 0.0735. The summed E-state index contributed by atoms with van der Waals surface area (Å²) in [5, 5.41) is 13.5. The van der Waals surface area contributed by atoms with Gasteiger partial charge in [-0.05, 0) is 70.8 Å². The summed E-state index contributed by atoms with van der Waals surface area (Å²) in [7, 11) is 5.05. The second-order valence-electron chi connectivity index (χ2n) is 11.8. The van der Waals surface area contributed by atoms with Crippen LogP contribution in [0.3, 0.4) is 0 Å². The molecular formula is C37H42O4S. The first-order valence-corrected chi connectivity index (χ1v) is 16.3. The maximum atomic E-state index is 11.6. The Bertz CT molecular complexity index is 1540. The molecule has 5 heteroatoms. The van der Waals surface area contributed by atoms with Gasteiger partial charge in [0.25, 0.3) is 0 Å². The predicted octanol–water partition coefficient (Wildman–Crippen LogP) is 10.3. The van der Waals surface area contributed by atoms with Crippen LogP contribution in [0.1, 0.15) is 81.8 Å². The molecule has 0 heterocycles. The van der Waals surface area contributed by atoms with Gasteiger partial charge in [-0.15, -0.1) is 0 Å². The van der Waals surface area contributed by atoms with Crippen LogP contribution < -0.4 is 14.2 Å². The lowest BCUT2D eigenvalue weighted by Gasteiger charge is -2.33. The average Bonchev–Trinajstić information content (AvgIpc) is 3.28. The number of phenols is 1. The summed E-state index contributed by atoms with van der Waals surface area (Å²) in [6.45, 7) is 0. The van der Waals surface area contributed by atoms with E-state index in [2.05, 4.69) is 36.4 Å². The van der Waals surface area contributed by atoms with Crippen LogP contribution in [-0.4, -0.2) is 26.4 Å². The van der Waals surface area contributed by atoms with Crippen LogP contribution in [0.15, 0.2) is 70.5 Å². The van der Waals surface area contributed by atoms with E-state index in [-0.39, 0.29) is 5.41 Å². The highest BCUT2D eigenvalue weighted by Crippen LogP contribution is 2.58. The fraction of sp³-hybridized carbons (Fsp3) is 0.405. The highest BCUT2D eigenvalue weighted by molar-refractivity contribution is 7.99. The number of methoxy groups -OCH3 is 3. The third-order valence-corrected chi connectivity index (χ3v) is 10.6. The van der Waals surface area contributed by atoms with Crippen LogP contribution in [0, 0.1) is 0 Å². The number of ether oxygens (including phenoxy) is 3. The van der Waals surface area contributed by atoms with Crippen molar-refractivity contribution in [1.29, 1.82) is 0 Å². The molecule has 1 fully saturated rings. The number of fused-ring (bicyclic) bond motifs is 7. The first kappa shape index (κ1) is 28.8. The lowest BCUT2D eigenvalue weighted by atomic mass is 9.70. The summed E-state index contributed by atoms with van der Waals surface area (Å²) in [5.74, 6) is 2.54. The maximum Gasteiger partial charge on any atom is 0.136 e. The molecule has 1 spiro atoms. The van der Waals surface area contributed by atoms with Gasteiger partial charge in [0.05, 0.1) is 31.1 Å². The van der Waals surface area contributed by atoms with Gasteiger partial charge in [0, 0.05) is 10.8 Å². The molecule has 6 rings (SSSR count). The molecule has 0 atom stereocenters. The van der Waals surface area contributed by atoms with Crippen LogP contribution in [-0.2, 0) is 5.41 Å². The van der Waals surface area contributed by atoms with Crippen molar-refractivity contribution >= 4 is 22.5 Å². The van der Waals surface area contributed by atoms with E-state index < -0.39 is 0 Å². The molecule has 2 aliphatic carbocycles. The summed E-state index contributed by atoms with van der Waals surface area (Å²) in [4.78, 5) is 1.85. The molecule has 0 aliphatic heterocycles. The number of hydrogen-bond acceptors (Lipinski definition) is 5. The zero-order chi connectivity index (χ0) is 29.1. The molecule has 0 bridgehead atoms. The molecule has 2 aliphatic rings. The van der Waals surface area contributed by atoms with Crippen molar-refractivity contribution in [3.05, 3.63) is 71.8 Å². The fourth-order valence-corrected chi connectivity index (χ4v) is 8.51. The van der Waals surface area contributed by atoms with Crippen LogP contribution in [0.5, 0.6) is 23.0 Å². The summed E-state index contributed by atoms with van der Waals surface area (Å²) in [5.41, 5.74) is 5.22. The molecular weight excluding hydrogens is 540 g/mol. The summed E-state index contributed by atoms with van der Waals surface area (Å²) >= 11 is 1.57. The monoisotopic (exact) mass is 582 g/mol. The van der Waals surface area contributed by atoms with Gasteiger partial charge in [-0.1, -0.05) is 99.9 Å². The molecule has 1 N–H and O–H groups in total. The van der Waals surface area contributed by atoms with Gasteiger partial charge in [-0.25, -0.2) is 0 Å². The predicted molar refractivity (Wildman–Crippen MR) is 173 cm³/mol. The van der Waals surface area contributed by atoms with E-state index >= 15 is 0 Å². The van der Waals surface area contributed by atoms with Gasteiger partial charge in [0.15, 0.2) is 0 Å². The van der Waals surface area contributed by atoms with E-state index in [1.54, 1.807) is 33.1 Å². The number of hydrogen-bond donors (Lipinski definition) is 1. The number of benzene rings is 4. The Kier molecular flexibility index (Phi) is 8.57. The second kappa shape index (κ2) is 12.5. The Morgan fingerprint density at radius 2 is 1.21 bits per heavy atom. The van der Waals surface area contributed by atoms with Crippen LogP contribution in [0.2, 0.25) is 0 Å². The Morgan fingerprint density at radius 3 is 1.83 bits per heavy atom. The average molecular weight is 583 g/mol. The molecule has 0 unspecified atom stereocenters. The largest absolute Gasteiger partial charge is 0.507 e. The van der Waals surface area contributed by atoms with Crippen LogP contribution in [0.25, 0.3) is 21.9 Å². The van der Waals surface area contributed by atoms with E-state index in [0.29, 0.717) is 11.5 Å². The molecule has 220 valence electrons. The smallest absolute Gasteiger partial charge is 0.136 e. The standard InChI is InChI=1S/C37H42O4S/c1-39-31-18-15-19-32(40-2)36(31)42-34-23-27-26(22-33(34)41-3)30(38)24-29-35(27)25-16-11-12-17-28(25)37(29)20-13-9-7-5-4-6-8-10-14-21-37/h11-12,15-19,22-24,38H,4-10,13-14,20-21H2,1-3H3. The minimum Gasteiger partial charge on any atom is -0.507 e. The molecule has 1 saturated carbocycles. The Morgan fingerprint density at radius 1 is 0.619 bits per heavy atom. The van der Waals surface area contributed by atoms with E-state index in [1.165, 1.54) is 80.0 Å². The second-order valence-corrected chi connectivity index (χ2v) is 12.8. The van der Waals surface area contributed by atoms with E-state index in [9.17, 15) is 5.11 Å². The van der Waals surface area contributed by atoms with Crippen LogP contribution in [0.4, 0.5) is 0 Å². The Balaban J connectivity index is 1.55. The topological polar surface area (TPSA) is 47.9 Å². The van der Waals surface area contributed by atoms with E-state index in [4.69, 9.17) is 14.2 Å². The molecule has 42 heavy (non-hydrogen) atoms. The zero-order valence-corrected chi connectivity index (χ0v) is 25.9. The molecule has 4 aromatic rings. The maximum absolute atomic E-state index is 11.6. The molecule has 0 radical (unpaired) electrons. The third-order valence-electron chi connectivity index (χ3n) is 9.43. The van der Waals surface area contributed by atoms with Gasteiger partial charge >= 0.3 is 0 Å². The van der Waals surface area contributed by atoms with Crippen molar-refractivity contribution in [3.63, 3.8) is 0 Å². The molecule has 0 aromatic heterocycles. The lowest BCUT2D eigenvalue weighted by Crippen LogP contribution is -2.25. The number of aromatic hydroxyl groups is 1. The minimum atomic E-state index is -0.0735. The quantitative estimate of drug-likeness (QED) is 0.254. The Labute approximate surface area is 254 Å². The third kappa shape index (κ3) is 5.10. The van der Waals surface area contributed by atoms with Gasteiger partial charge < -0.3 is 19.3 Å². The van der Waals surface area contributed by atoms with Gasteiger partial charge in [0.2, 0.25) is 0 Å². The molecule has 0 saturated heterocycles. The highest BCUT2D eigenvalue weighted by atomic mass is 32.2. The Hall–Kier alpha value is -3.31. The molecule has 0 amide bonds.